The van der Waals surface area contributed by atoms with E-state index in [-0.39, 0.29) is 10.9 Å². The van der Waals surface area contributed by atoms with Crippen molar-refractivity contribution in [2.75, 3.05) is 20.1 Å². The van der Waals surface area contributed by atoms with Crippen molar-refractivity contribution in [2.24, 2.45) is 0 Å². The fourth-order valence-electron chi connectivity index (χ4n) is 2.35. The van der Waals surface area contributed by atoms with E-state index in [0.717, 1.165) is 25.9 Å². The number of nitrogens with zero attached hydrogens (tertiary/aromatic N) is 2. The van der Waals surface area contributed by atoms with Crippen LogP contribution in [0.2, 0.25) is 0 Å². The lowest BCUT2D eigenvalue weighted by Crippen LogP contribution is -2.44. The van der Waals surface area contributed by atoms with Gasteiger partial charge in [-0.15, -0.1) is 0 Å². The number of aryl methyl sites for hydroxylation is 2. The Morgan fingerprint density at radius 1 is 1.33 bits per heavy atom. The summed E-state index contributed by atoms with van der Waals surface area (Å²) in [6.45, 7) is 4.99. The average molecular weight is 273 g/mol. The van der Waals surface area contributed by atoms with E-state index in [1.54, 1.807) is 20.9 Å². The standard InChI is InChI=1S/C11H19N3O3S/c1-8-11(9(2)17-13-8)18(15,16)14(3)10-4-6-12-7-5-10/h10,12H,4-7H2,1-3H3. The van der Waals surface area contributed by atoms with Gasteiger partial charge in [0.2, 0.25) is 10.0 Å². The molecule has 1 N–H and O–H groups in total. The van der Waals surface area contributed by atoms with E-state index in [4.69, 9.17) is 4.52 Å². The lowest BCUT2D eigenvalue weighted by Gasteiger charge is -2.30. The summed E-state index contributed by atoms with van der Waals surface area (Å²) in [7, 11) is -1.87. The van der Waals surface area contributed by atoms with Crippen LogP contribution in [0.3, 0.4) is 0 Å². The lowest BCUT2D eigenvalue weighted by atomic mass is 10.1. The van der Waals surface area contributed by atoms with Gasteiger partial charge in [-0.1, -0.05) is 5.16 Å². The Kier molecular flexibility index (Phi) is 3.74. The lowest BCUT2D eigenvalue weighted by molar-refractivity contribution is 0.296. The predicted molar refractivity (Wildman–Crippen MR) is 66.8 cm³/mol. The molecule has 0 bridgehead atoms. The van der Waals surface area contributed by atoms with Gasteiger partial charge in [0.1, 0.15) is 10.6 Å². The molecule has 1 fully saturated rings. The van der Waals surface area contributed by atoms with Crippen LogP contribution in [0.25, 0.3) is 0 Å². The van der Waals surface area contributed by atoms with Gasteiger partial charge in [-0.05, 0) is 39.8 Å². The maximum atomic E-state index is 12.5. The number of sulfonamides is 1. The van der Waals surface area contributed by atoms with Crippen molar-refractivity contribution in [1.82, 2.24) is 14.8 Å². The molecule has 1 aromatic rings. The molecule has 102 valence electrons. The van der Waals surface area contributed by atoms with E-state index in [1.807, 2.05) is 0 Å². The first-order valence-electron chi connectivity index (χ1n) is 6.06. The van der Waals surface area contributed by atoms with E-state index in [9.17, 15) is 8.42 Å². The molecule has 1 aromatic heterocycles. The number of aromatic nitrogens is 1. The minimum absolute atomic E-state index is 0.0462. The quantitative estimate of drug-likeness (QED) is 0.875. The maximum Gasteiger partial charge on any atom is 0.248 e. The maximum absolute atomic E-state index is 12.5. The van der Waals surface area contributed by atoms with Gasteiger partial charge in [0.05, 0.1) is 0 Å². The molecule has 0 amide bonds. The van der Waals surface area contributed by atoms with Gasteiger partial charge in [-0.3, -0.25) is 0 Å². The molecule has 1 aliphatic rings. The summed E-state index contributed by atoms with van der Waals surface area (Å²) < 4.78 is 31.5. The minimum atomic E-state index is -3.51. The topological polar surface area (TPSA) is 75.4 Å². The molecule has 0 radical (unpaired) electrons. The molecular formula is C11H19N3O3S. The van der Waals surface area contributed by atoms with Crippen LogP contribution in [0.5, 0.6) is 0 Å². The molecule has 0 unspecified atom stereocenters. The largest absolute Gasteiger partial charge is 0.360 e. The van der Waals surface area contributed by atoms with Crippen molar-refractivity contribution in [3.63, 3.8) is 0 Å². The van der Waals surface area contributed by atoms with Gasteiger partial charge in [0.25, 0.3) is 0 Å². The van der Waals surface area contributed by atoms with Crippen LogP contribution in [0.1, 0.15) is 24.3 Å². The highest BCUT2D eigenvalue weighted by atomic mass is 32.2. The zero-order valence-electron chi connectivity index (χ0n) is 10.9. The van der Waals surface area contributed by atoms with E-state index in [0.29, 0.717) is 11.5 Å². The summed E-state index contributed by atoms with van der Waals surface area (Å²) in [5.74, 6) is 0.355. The average Bonchev–Trinajstić information content (AvgIpc) is 2.69. The molecule has 2 rings (SSSR count). The molecule has 18 heavy (non-hydrogen) atoms. The third-order valence-electron chi connectivity index (χ3n) is 3.43. The van der Waals surface area contributed by atoms with Crippen LogP contribution < -0.4 is 5.32 Å². The Morgan fingerprint density at radius 3 is 2.44 bits per heavy atom. The highest BCUT2D eigenvalue weighted by Gasteiger charge is 2.33. The van der Waals surface area contributed by atoms with Crippen molar-refractivity contribution in [2.45, 2.75) is 37.6 Å². The zero-order valence-corrected chi connectivity index (χ0v) is 11.7. The Labute approximate surface area is 107 Å². The van der Waals surface area contributed by atoms with E-state index < -0.39 is 10.0 Å². The van der Waals surface area contributed by atoms with E-state index >= 15 is 0 Å². The summed E-state index contributed by atoms with van der Waals surface area (Å²) in [5.41, 5.74) is 0.424. The molecule has 0 spiro atoms. The molecule has 0 aliphatic carbocycles. The van der Waals surface area contributed by atoms with Crippen LogP contribution >= 0.6 is 0 Å². The van der Waals surface area contributed by atoms with Crippen LogP contribution in [0.15, 0.2) is 9.42 Å². The van der Waals surface area contributed by atoms with Crippen molar-refractivity contribution < 1.29 is 12.9 Å². The van der Waals surface area contributed by atoms with Crippen LogP contribution in [0.4, 0.5) is 0 Å². The third kappa shape index (κ3) is 2.30. The molecule has 2 heterocycles. The molecule has 0 saturated carbocycles. The summed E-state index contributed by atoms with van der Waals surface area (Å²) in [4.78, 5) is 0.212. The Morgan fingerprint density at radius 2 is 1.94 bits per heavy atom. The van der Waals surface area contributed by atoms with E-state index in [2.05, 4.69) is 10.5 Å². The summed E-state index contributed by atoms with van der Waals surface area (Å²) in [5, 5.41) is 6.94. The smallest absolute Gasteiger partial charge is 0.248 e. The van der Waals surface area contributed by atoms with Gasteiger partial charge < -0.3 is 9.84 Å². The summed E-state index contributed by atoms with van der Waals surface area (Å²) >= 11 is 0. The van der Waals surface area contributed by atoms with Gasteiger partial charge in [-0.2, -0.15) is 4.31 Å². The van der Waals surface area contributed by atoms with Crippen LogP contribution in [-0.2, 0) is 10.0 Å². The summed E-state index contributed by atoms with van der Waals surface area (Å²) in [6, 6.07) is 0.0462. The Hall–Kier alpha value is -0.920. The second-order valence-electron chi connectivity index (χ2n) is 4.66. The van der Waals surface area contributed by atoms with Gasteiger partial charge in [-0.25, -0.2) is 8.42 Å². The predicted octanol–water partition coefficient (Wildman–Crippen LogP) is 0.664. The molecule has 0 aromatic carbocycles. The number of nitrogens with one attached hydrogen (secondary N) is 1. The molecule has 1 aliphatic heterocycles. The van der Waals surface area contributed by atoms with Gasteiger partial charge >= 0.3 is 0 Å². The van der Waals surface area contributed by atoms with Crippen LogP contribution in [-0.4, -0.2) is 44.1 Å². The third-order valence-corrected chi connectivity index (χ3v) is 5.58. The number of rotatable bonds is 3. The van der Waals surface area contributed by atoms with E-state index in [1.165, 1.54) is 4.31 Å². The van der Waals surface area contributed by atoms with Crippen molar-refractivity contribution in [3.05, 3.63) is 11.5 Å². The highest BCUT2D eigenvalue weighted by Crippen LogP contribution is 2.25. The monoisotopic (exact) mass is 273 g/mol. The number of hydrogen-bond donors (Lipinski definition) is 1. The molecular weight excluding hydrogens is 254 g/mol. The number of piperidine rings is 1. The molecule has 7 heteroatoms. The molecule has 1 saturated heterocycles. The first-order valence-corrected chi connectivity index (χ1v) is 7.50. The first-order chi connectivity index (χ1) is 8.44. The molecule has 6 nitrogen and oxygen atoms in total. The van der Waals surface area contributed by atoms with Crippen molar-refractivity contribution in [3.8, 4) is 0 Å². The van der Waals surface area contributed by atoms with Gasteiger partial charge in [0, 0.05) is 13.1 Å². The first kappa shape index (κ1) is 13.5. The van der Waals surface area contributed by atoms with Crippen molar-refractivity contribution >= 4 is 10.0 Å². The fourth-order valence-corrected chi connectivity index (χ4v) is 4.06. The zero-order chi connectivity index (χ0) is 13.3. The Bertz CT molecular complexity index is 498. The van der Waals surface area contributed by atoms with Crippen molar-refractivity contribution in [1.29, 1.82) is 0 Å². The highest BCUT2D eigenvalue weighted by molar-refractivity contribution is 7.89. The second kappa shape index (κ2) is 4.99. The number of hydrogen-bond acceptors (Lipinski definition) is 5. The van der Waals surface area contributed by atoms with Gasteiger partial charge in [0.15, 0.2) is 5.76 Å². The second-order valence-corrected chi connectivity index (χ2v) is 6.59. The fraction of sp³-hybridized carbons (Fsp3) is 0.727. The summed E-state index contributed by atoms with van der Waals surface area (Å²) in [6.07, 6.45) is 1.66. The normalized spacial score (nSPS) is 18.4. The Balaban J connectivity index is 2.30. The SMILES string of the molecule is Cc1noc(C)c1S(=O)(=O)N(C)C1CCNCC1. The van der Waals surface area contributed by atoms with Crippen LogP contribution in [0, 0.1) is 13.8 Å². The molecule has 0 atom stereocenters. The minimum Gasteiger partial charge on any atom is -0.360 e.